The van der Waals surface area contributed by atoms with Gasteiger partial charge in [0.1, 0.15) is 18.1 Å². The highest BCUT2D eigenvalue weighted by Crippen LogP contribution is 2.66. The van der Waals surface area contributed by atoms with E-state index < -0.39 is 17.3 Å². The molecule has 0 radical (unpaired) electrons. The van der Waals surface area contributed by atoms with Gasteiger partial charge in [-0.1, -0.05) is 11.8 Å². The molecule has 1 aromatic heterocycles. The third kappa shape index (κ3) is 4.23. The van der Waals surface area contributed by atoms with Crippen molar-refractivity contribution in [2.45, 2.75) is 36.2 Å². The largest absolute Gasteiger partial charge is 0.474 e. The number of anilines is 1. The van der Waals surface area contributed by atoms with Gasteiger partial charge in [0, 0.05) is 37.3 Å². The fourth-order valence-corrected chi connectivity index (χ4v) is 6.07. The zero-order valence-corrected chi connectivity index (χ0v) is 19.7. The quantitative estimate of drug-likeness (QED) is 0.583. The van der Waals surface area contributed by atoms with Crippen LogP contribution in [0.15, 0.2) is 35.6 Å². The molecule has 9 nitrogen and oxygen atoms in total. The minimum Gasteiger partial charge on any atom is -0.474 e. The Kier molecular flexibility index (Phi) is 5.95. The molecular weight excluding hydrogens is 461 g/mol. The molecule has 180 valence electrons. The molecule has 0 bridgehead atoms. The molecule has 1 saturated heterocycles. The lowest BCUT2D eigenvalue weighted by atomic mass is 9.85. The predicted octanol–water partition coefficient (Wildman–Crippen LogP) is 2.72. The van der Waals surface area contributed by atoms with Gasteiger partial charge in [0.05, 0.1) is 35.4 Å². The van der Waals surface area contributed by atoms with E-state index in [4.69, 9.17) is 19.9 Å². The maximum absolute atomic E-state index is 15.0. The van der Waals surface area contributed by atoms with Gasteiger partial charge >= 0.3 is 0 Å². The number of amides is 1. The molecule has 3 aliphatic rings. The van der Waals surface area contributed by atoms with Crippen LogP contribution in [0.3, 0.4) is 0 Å². The summed E-state index contributed by atoms with van der Waals surface area (Å²) in [7, 11) is 1.64. The maximum atomic E-state index is 15.0. The molecule has 1 aromatic carbocycles. The molecule has 4 atom stereocenters. The van der Waals surface area contributed by atoms with Crippen LogP contribution < -0.4 is 15.8 Å². The van der Waals surface area contributed by atoms with Crippen LogP contribution in [0, 0.1) is 11.7 Å². The lowest BCUT2D eigenvalue weighted by Gasteiger charge is -2.34. The van der Waals surface area contributed by atoms with Gasteiger partial charge in [-0.25, -0.2) is 14.4 Å². The number of benzene rings is 1. The lowest BCUT2D eigenvalue weighted by molar-refractivity contribution is -0.0727. The van der Waals surface area contributed by atoms with E-state index in [1.807, 2.05) is 6.92 Å². The summed E-state index contributed by atoms with van der Waals surface area (Å²) >= 11 is 1.49. The summed E-state index contributed by atoms with van der Waals surface area (Å²) in [5, 5.41) is 3.17. The van der Waals surface area contributed by atoms with Crippen molar-refractivity contribution in [3.05, 3.63) is 47.7 Å². The van der Waals surface area contributed by atoms with Gasteiger partial charge in [-0.2, -0.15) is 0 Å². The second-order valence-electron chi connectivity index (χ2n) is 8.94. The topological polar surface area (TPSA) is 121 Å². The van der Waals surface area contributed by atoms with E-state index in [-0.39, 0.29) is 22.5 Å². The summed E-state index contributed by atoms with van der Waals surface area (Å²) in [5.41, 5.74) is 6.18. The van der Waals surface area contributed by atoms with Gasteiger partial charge in [0.2, 0.25) is 5.88 Å². The Hall–Kier alpha value is -2.76. The van der Waals surface area contributed by atoms with E-state index in [0.29, 0.717) is 35.5 Å². The number of methoxy groups -OCH3 is 1. The van der Waals surface area contributed by atoms with E-state index in [1.54, 1.807) is 13.2 Å². The minimum atomic E-state index is -0.859. The van der Waals surface area contributed by atoms with Gasteiger partial charge in [-0.05, 0) is 31.5 Å². The van der Waals surface area contributed by atoms with Gasteiger partial charge in [0.25, 0.3) is 5.91 Å². The average Bonchev–Trinajstić information content (AvgIpc) is 3.49. The molecule has 1 amide bonds. The molecule has 3 N–H and O–H groups in total. The molecule has 2 aromatic rings. The molecule has 11 heteroatoms. The molecule has 2 fully saturated rings. The van der Waals surface area contributed by atoms with Crippen molar-refractivity contribution in [1.82, 2.24) is 9.97 Å². The molecule has 3 heterocycles. The monoisotopic (exact) mass is 487 g/mol. The van der Waals surface area contributed by atoms with Crippen LogP contribution in [0.25, 0.3) is 0 Å². The Morgan fingerprint density at radius 3 is 2.88 bits per heavy atom. The number of nitrogens with one attached hydrogen (secondary N) is 1. The summed E-state index contributed by atoms with van der Waals surface area (Å²) in [6.07, 6.45) is 4.59. The maximum Gasteiger partial charge on any atom is 0.275 e. The molecule has 1 saturated carbocycles. The van der Waals surface area contributed by atoms with E-state index in [1.165, 1.54) is 36.3 Å². The summed E-state index contributed by atoms with van der Waals surface area (Å²) in [4.78, 5) is 25.6. The van der Waals surface area contributed by atoms with E-state index >= 15 is 0 Å². The number of ether oxygens (including phenoxy) is 3. The lowest BCUT2D eigenvalue weighted by Crippen LogP contribution is -2.37. The molecule has 34 heavy (non-hydrogen) atoms. The Bertz CT molecular complexity index is 1130. The molecule has 5 rings (SSSR count). The number of fused-ring (bicyclic) bond motifs is 1. The predicted molar refractivity (Wildman–Crippen MR) is 126 cm³/mol. The Labute approximate surface area is 200 Å². The SMILES string of the molecule is COC[C@]12C[C@H]1[C@@](C)(c1cc(NC(=O)c3cnc(OC[C@H]4CCO4)cn3)ccc1F)N=C(N)S2. The van der Waals surface area contributed by atoms with E-state index in [9.17, 15) is 9.18 Å². The number of nitrogens with two attached hydrogens (primary N) is 1. The highest BCUT2D eigenvalue weighted by atomic mass is 32.2. The van der Waals surface area contributed by atoms with Gasteiger partial charge in [0.15, 0.2) is 5.17 Å². The van der Waals surface area contributed by atoms with Crippen LogP contribution >= 0.6 is 11.8 Å². The van der Waals surface area contributed by atoms with Crippen LogP contribution in [0.5, 0.6) is 5.88 Å². The highest BCUT2D eigenvalue weighted by molar-refractivity contribution is 8.15. The molecule has 2 aliphatic heterocycles. The first-order valence-electron chi connectivity index (χ1n) is 11.0. The average molecular weight is 488 g/mol. The molecule has 0 spiro atoms. The first kappa shape index (κ1) is 23.0. The minimum absolute atomic E-state index is 0.0708. The fourth-order valence-electron chi connectivity index (χ4n) is 4.62. The fraction of sp³-hybridized carbons (Fsp3) is 0.478. The van der Waals surface area contributed by atoms with Crippen LogP contribution in [0.1, 0.15) is 35.8 Å². The van der Waals surface area contributed by atoms with Gasteiger partial charge in [-0.3, -0.25) is 9.79 Å². The first-order valence-corrected chi connectivity index (χ1v) is 11.9. The van der Waals surface area contributed by atoms with Crippen LogP contribution in [-0.2, 0) is 15.0 Å². The van der Waals surface area contributed by atoms with Crippen LogP contribution in [-0.4, -0.2) is 58.8 Å². The zero-order valence-electron chi connectivity index (χ0n) is 18.9. The number of aromatic nitrogens is 2. The molecule has 1 aliphatic carbocycles. The standard InChI is InChI=1S/C23H26FN5O4S/c1-22(18-8-23(18,12-31-2)34-21(25)29-22)15-7-13(3-4-16(15)24)28-20(30)17-9-27-19(10-26-17)33-11-14-5-6-32-14/h3-4,7,9-10,14,18H,5-6,8,11-12H2,1-2H3,(H2,25,29)(H,28,30)/t14-,18+,22-,23-/m1/s1. The molecular formula is C23H26FN5O4S. The van der Waals surface area contributed by atoms with Crippen molar-refractivity contribution in [2.75, 3.05) is 32.2 Å². The Morgan fingerprint density at radius 1 is 1.38 bits per heavy atom. The van der Waals surface area contributed by atoms with Gasteiger partial charge in [-0.15, -0.1) is 0 Å². The Balaban J connectivity index is 1.31. The van der Waals surface area contributed by atoms with Crippen LogP contribution in [0.4, 0.5) is 10.1 Å². The number of hydrogen-bond acceptors (Lipinski definition) is 9. The zero-order chi connectivity index (χ0) is 23.9. The van der Waals surface area contributed by atoms with Crippen molar-refractivity contribution >= 4 is 28.5 Å². The van der Waals surface area contributed by atoms with Crippen molar-refractivity contribution in [1.29, 1.82) is 0 Å². The third-order valence-corrected chi connectivity index (χ3v) is 7.86. The number of carbonyl (C=O) groups excluding carboxylic acids is 1. The number of nitrogens with zero attached hydrogens (tertiary/aromatic N) is 3. The van der Waals surface area contributed by atoms with E-state index in [0.717, 1.165) is 19.4 Å². The number of halogens is 1. The second-order valence-corrected chi connectivity index (χ2v) is 10.4. The number of thioether (sulfide) groups is 1. The van der Waals surface area contributed by atoms with Crippen molar-refractivity contribution in [3.8, 4) is 5.88 Å². The summed E-state index contributed by atoms with van der Waals surface area (Å²) in [6.45, 7) is 3.54. The van der Waals surface area contributed by atoms with Crippen molar-refractivity contribution in [3.63, 3.8) is 0 Å². The summed E-state index contributed by atoms with van der Waals surface area (Å²) in [5.74, 6) is -0.481. The van der Waals surface area contributed by atoms with Crippen LogP contribution in [0.2, 0.25) is 0 Å². The third-order valence-electron chi connectivity index (χ3n) is 6.58. The normalized spacial score (nSPS) is 29.4. The smallest absolute Gasteiger partial charge is 0.275 e. The number of hydrogen-bond donors (Lipinski definition) is 2. The first-order chi connectivity index (χ1) is 16.3. The Morgan fingerprint density at radius 2 is 2.21 bits per heavy atom. The van der Waals surface area contributed by atoms with E-state index in [2.05, 4.69) is 20.3 Å². The molecule has 0 unspecified atom stereocenters. The second kappa shape index (κ2) is 8.79. The van der Waals surface area contributed by atoms with Crippen molar-refractivity contribution in [2.24, 2.45) is 16.6 Å². The van der Waals surface area contributed by atoms with Gasteiger partial charge < -0.3 is 25.3 Å². The summed E-state index contributed by atoms with van der Waals surface area (Å²) < 4.78 is 31.0. The number of amidine groups is 1. The number of carbonyl (C=O) groups is 1. The highest BCUT2D eigenvalue weighted by Gasteiger charge is 2.66. The summed E-state index contributed by atoms with van der Waals surface area (Å²) in [6, 6.07) is 4.44. The number of rotatable bonds is 8. The number of aliphatic imine (C=N–C) groups is 1. The van der Waals surface area contributed by atoms with Crippen molar-refractivity contribution < 1.29 is 23.4 Å².